The number of rotatable bonds is 5. The Bertz CT molecular complexity index is 226. The first-order valence-corrected chi connectivity index (χ1v) is 5.86. The molecule has 0 amide bonds. The van der Waals surface area contributed by atoms with Crippen molar-refractivity contribution in [3.05, 3.63) is 24.4 Å². The molecule has 0 aliphatic rings. The van der Waals surface area contributed by atoms with Crippen LogP contribution >= 0.6 is 11.8 Å². The minimum absolute atomic E-state index is 0.692. The predicted molar refractivity (Wildman–Crippen MR) is 60.3 cm³/mol. The molecular formula is C10H16N2S. The highest BCUT2D eigenvalue weighted by atomic mass is 32.2. The number of anilines is 1. The third kappa shape index (κ3) is 4.18. The van der Waals surface area contributed by atoms with E-state index >= 15 is 0 Å². The Hall–Kier alpha value is -0.700. The van der Waals surface area contributed by atoms with Crippen LogP contribution in [0.25, 0.3) is 0 Å². The number of pyridine rings is 1. The average molecular weight is 196 g/mol. The van der Waals surface area contributed by atoms with Crippen LogP contribution in [-0.2, 0) is 0 Å². The molecule has 0 aliphatic heterocycles. The first kappa shape index (κ1) is 10.4. The molecule has 0 aliphatic carbocycles. The fourth-order valence-electron chi connectivity index (χ4n) is 1.09. The van der Waals surface area contributed by atoms with Gasteiger partial charge in [-0.25, -0.2) is 4.98 Å². The summed E-state index contributed by atoms with van der Waals surface area (Å²) < 4.78 is 0. The molecule has 1 atom stereocenters. The smallest absolute Gasteiger partial charge is 0.125 e. The highest BCUT2D eigenvalue weighted by Gasteiger charge is 2.00. The number of hydrogen-bond donors (Lipinski definition) is 1. The molecular weight excluding hydrogens is 180 g/mol. The van der Waals surface area contributed by atoms with Crippen molar-refractivity contribution in [1.29, 1.82) is 0 Å². The molecule has 0 spiro atoms. The molecule has 1 rings (SSSR count). The first-order valence-electron chi connectivity index (χ1n) is 4.46. The number of thioether (sulfide) groups is 1. The van der Waals surface area contributed by atoms with Crippen LogP contribution in [0.15, 0.2) is 24.4 Å². The fourth-order valence-corrected chi connectivity index (χ4v) is 1.78. The lowest BCUT2D eigenvalue weighted by Gasteiger charge is -2.10. The number of hydrogen-bond acceptors (Lipinski definition) is 3. The second kappa shape index (κ2) is 5.86. The van der Waals surface area contributed by atoms with Crippen LogP contribution in [0.4, 0.5) is 5.82 Å². The third-order valence-corrected chi connectivity index (χ3v) is 2.65. The zero-order valence-corrected chi connectivity index (χ0v) is 8.97. The standard InChI is InChI=1S/C10H16N2S/c1-9(8-13-2)7-12-10-5-3-4-6-11-10/h3-6,9H,7-8H2,1-2H3,(H,11,12). The zero-order chi connectivity index (χ0) is 9.52. The summed E-state index contributed by atoms with van der Waals surface area (Å²) in [6.45, 7) is 3.24. The van der Waals surface area contributed by atoms with Crippen molar-refractivity contribution in [2.24, 2.45) is 5.92 Å². The molecule has 72 valence electrons. The van der Waals surface area contributed by atoms with Crippen molar-refractivity contribution in [2.45, 2.75) is 6.92 Å². The minimum atomic E-state index is 0.692. The van der Waals surface area contributed by atoms with Gasteiger partial charge in [-0.15, -0.1) is 0 Å². The molecule has 1 N–H and O–H groups in total. The summed E-state index contributed by atoms with van der Waals surface area (Å²) in [5, 5.41) is 3.30. The van der Waals surface area contributed by atoms with Gasteiger partial charge < -0.3 is 5.32 Å². The molecule has 1 aromatic rings. The molecule has 1 unspecified atom stereocenters. The summed E-state index contributed by atoms with van der Waals surface area (Å²) in [6.07, 6.45) is 3.94. The molecule has 1 heterocycles. The fraction of sp³-hybridized carbons (Fsp3) is 0.500. The van der Waals surface area contributed by atoms with Gasteiger partial charge in [-0.05, 0) is 30.1 Å². The molecule has 3 heteroatoms. The van der Waals surface area contributed by atoms with E-state index in [1.165, 1.54) is 5.75 Å². The van der Waals surface area contributed by atoms with E-state index in [1.807, 2.05) is 36.2 Å². The molecule has 13 heavy (non-hydrogen) atoms. The summed E-state index contributed by atoms with van der Waals surface area (Å²) in [4.78, 5) is 4.19. The average Bonchev–Trinajstić information content (AvgIpc) is 2.17. The van der Waals surface area contributed by atoms with Crippen molar-refractivity contribution in [3.8, 4) is 0 Å². The van der Waals surface area contributed by atoms with Gasteiger partial charge in [-0.2, -0.15) is 11.8 Å². The van der Waals surface area contributed by atoms with E-state index in [2.05, 4.69) is 23.5 Å². The third-order valence-electron chi connectivity index (χ3n) is 1.75. The van der Waals surface area contributed by atoms with Crippen LogP contribution in [0, 0.1) is 5.92 Å². The van der Waals surface area contributed by atoms with Crippen LogP contribution in [0.3, 0.4) is 0 Å². The van der Waals surface area contributed by atoms with Gasteiger partial charge in [0.15, 0.2) is 0 Å². The monoisotopic (exact) mass is 196 g/mol. The molecule has 0 radical (unpaired) electrons. The molecule has 1 aromatic heterocycles. The van der Waals surface area contributed by atoms with Crippen LogP contribution in [0.1, 0.15) is 6.92 Å². The summed E-state index contributed by atoms with van der Waals surface area (Å²) in [7, 11) is 0. The molecule has 0 fully saturated rings. The maximum Gasteiger partial charge on any atom is 0.125 e. The van der Waals surface area contributed by atoms with Crippen LogP contribution in [0.2, 0.25) is 0 Å². The van der Waals surface area contributed by atoms with Crippen molar-refractivity contribution in [2.75, 3.05) is 23.9 Å². The minimum Gasteiger partial charge on any atom is -0.370 e. The Kier molecular flexibility index (Phi) is 4.68. The van der Waals surface area contributed by atoms with E-state index in [4.69, 9.17) is 0 Å². The van der Waals surface area contributed by atoms with Gasteiger partial charge >= 0.3 is 0 Å². The normalized spacial score (nSPS) is 12.5. The highest BCUT2D eigenvalue weighted by molar-refractivity contribution is 7.98. The lowest BCUT2D eigenvalue weighted by molar-refractivity contribution is 0.699. The molecule has 0 aromatic carbocycles. The Morgan fingerprint density at radius 3 is 3.00 bits per heavy atom. The van der Waals surface area contributed by atoms with Gasteiger partial charge in [0.05, 0.1) is 0 Å². The topological polar surface area (TPSA) is 24.9 Å². The van der Waals surface area contributed by atoms with E-state index in [0.717, 1.165) is 12.4 Å². The largest absolute Gasteiger partial charge is 0.370 e. The molecule has 0 bridgehead atoms. The molecule has 2 nitrogen and oxygen atoms in total. The number of aromatic nitrogens is 1. The quantitative estimate of drug-likeness (QED) is 0.783. The lowest BCUT2D eigenvalue weighted by Crippen LogP contribution is -2.13. The second-order valence-electron chi connectivity index (χ2n) is 3.16. The van der Waals surface area contributed by atoms with Gasteiger partial charge in [-0.1, -0.05) is 13.0 Å². The lowest BCUT2D eigenvalue weighted by atomic mass is 10.2. The predicted octanol–water partition coefficient (Wildman–Crippen LogP) is 2.49. The molecule has 0 saturated carbocycles. The Balaban J connectivity index is 2.27. The van der Waals surface area contributed by atoms with Crippen molar-refractivity contribution in [1.82, 2.24) is 4.98 Å². The van der Waals surface area contributed by atoms with Crippen molar-refractivity contribution in [3.63, 3.8) is 0 Å². The Morgan fingerprint density at radius 2 is 2.38 bits per heavy atom. The van der Waals surface area contributed by atoms with Crippen molar-refractivity contribution < 1.29 is 0 Å². The van der Waals surface area contributed by atoms with Crippen molar-refractivity contribution >= 4 is 17.6 Å². The van der Waals surface area contributed by atoms with Gasteiger partial charge in [-0.3, -0.25) is 0 Å². The van der Waals surface area contributed by atoms with Crippen LogP contribution < -0.4 is 5.32 Å². The summed E-state index contributed by atoms with van der Waals surface area (Å²) in [5.74, 6) is 2.85. The van der Waals surface area contributed by atoms with Gasteiger partial charge in [0.2, 0.25) is 0 Å². The van der Waals surface area contributed by atoms with Gasteiger partial charge in [0, 0.05) is 12.7 Å². The van der Waals surface area contributed by atoms with Gasteiger partial charge in [0.1, 0.15) is 5.82 Å². The Morgan fingerprint density at radius 1 is 1.54 bits per heavy atom. The maximum absolute atomic E-state index is 4.19. The number of nitrogens with zero attached hydrogens (tertiary/aromatic N) is 1. The van der Waals surface area contributed by atoms with E-state index in [0.29, 0.717) is 5.92 Å². The van der Waals surface area contributed by atoms with E-state index in [-0.39, 0.29) is 0 Å². The zero-order valence-electron chi connectivity index (χ0n) is 8.16. The van der Waals surface area contributed by atoms with Gasteiger partial charge in [0.25, 0.3) is 0 Å². The number of nitrogens with one attached hydrogen (secondary N) is 1. The first-order chi connectivity index (χ1) is 6.33. The SMILES string of the molecule is CSCC(C)CNc1ccccn1. The summed E-state index contributed by atoms with van der Waals surface area (Å²) >= 11 is 1.88. The Labute approximate surface area is 84.1 Å². The molecule has 0 saturated heterocycles. The second-order valence-corrected chi connectivity index (χ2v) is 4.07. The van der Waals surface area contributed by atoms with E-state index in [9.17, 15) is 0 Å². The van der Waals surface area contributed by atoms with E-state index < -0.39 is 0 Å². The van der Waals surface area contributed by atoms with Crippen LogP contribution in [0.5, 0.6) is 0 Å². The van der Waals surface area contributed by atoms with E-state index in [1.54, 1.807) is 0 Å². The van der Waals surface area contributed by atoms with Crippen LogP contribution in [-0.4, -0.2) is 23.5 Å². The maximum atomic E-state index is 4.19. The summed E-state index contributed by atoms with van der Waals surface area (Å²) in [6, 6.07) is 5.91. The highest BCUT2D eigenvalue weighted by Crippen LogP contribution is 2.06. The summed E-state index contributed by atoms with van der Waals surface area (Å²) in [5.41, 5.74) is 0.